The zero-order chi connectivity index (χ0) is 18.8. The van der Waals surface area contributed by atoms with Gasteiger partial charge in [-0.05, 0) is 18.9 Å². The summed E-state index contributed by atoms with van der Waals surface area (Å²) in [6.45, 7) is 1.10. The molecule has 2 aliphatic rings. The van der Waals surface area contributed by atoms with Crippen molar-refractivity contribution in [3.05, 3.63) is 41.4 Å². The zero-order valence-electron chi connectivity index (χ0n) is 14.0. The monoisotopic (exact) mass is 377 g/mol. The van der Waals surface area contributed by atoms with Gasteiger partial charge in [0.2, 0.25) is 0 Å². The molecule has 8 nitrogen and oxygen atoms in total. The van der Waals surface area contributed by atoms with Gasteiger partial charge in [0.15, 0.2) is 11.3 Å². The molecule has 0 N–H and O–H groups in total. The van der Waals surface area contributed by atoms with Crippen LogP contribution in [0.1, 0.15) is 46.5 Å². The lowest BCUT2D eigenvalue weighted by Crippen LogP contribution is -2.39. The second kappa shape index (κ2) is 5.51. The SMILES string of the molecule is O=C(c1cc2nc(C3CC3)cc(C(F)(F)F)n2n1)N1CCn2ncnc2C1. The molecule has 1 aliphatic heterocycles. The van der Waals surface area contributed by atoms with Gasteiger partial charge in [0.25, 0.3) is 5.91 Å². The van der Waals surface area contributed by atoms with E-state index < -0.39 is 17.8 Å². The minimum atomic E-state index is -4.58. The maximum Gasteiger partial charge on any atom is 0.433 e. The Morgan fingerprint density at radius 3 is 2.74 bits per heavy atom. The first kappa shape index (κ1) is 16.2. The quantitative estimate of drug-likeness (QED) is 0.681. The van der Waals surface area contributed by atoms with Crippen molar-refractivity contribution in [2.24, 2.45) is 0 Å². The van der Waals surface area contributed by atoms with Gasteiger partial charge in [-0.2, -0.15) is 23.4 Å². The topological polar surface area (TPSA) is 81.2 Å². The molecule has 1 amide bonds. The molecular weight excluding hydrogens is 363 g/mol. The molecule has 27 heavy (non-hydrogen) atoms. The van der Waals surface area contributed by atoms with Crippen LogP contribution in [0.5, 0.6) is 0 Å². The van der Waals surface area contributed by atoms with Crippen LogP contribution in [0.15, 0.2) is 18.5 Å². The first-order chi connectivity index (χ1) is 12.9. The second-order valence-electron chi connectivity index (χ2n) is 6.76. The molecule has 5 rings (SSSR count). The third-order valence-electron chi connectivity index (χ3n) is 4.85. The lowest BCUT2D eigenvalue weighted by Gasteiger charge is -2.25. The normalized spacial score (nSPS) is 17.4. The van der Waals surface area contributed by atoms with E-state index in [0.29, 0.717) is 29.1 Å². The van der Waals surface area contributed by atoms with Crippen molar-refractivity contribution >= 4 is 11.6 Å². The summed E-state index contributed by atoms with van der Waals surface area (Å²) in [5, 5.41) is 7.96. The van der Waals surface area contributed by atoms with E-state index in [9.17, 15) is 18.0 Å². The summed E-state index contributed by atoms with van der Waals surface area (Å²) in [5.74, 6) is 0.234. The number of aromatic nitrogens is 6. The van der Waals surface area contributed by atoms with Gasteiger partial charge < -0.3 is 4.90 Å². The molecule has 3 aromatic heterocycles. The van der Waals surface area contributed by atoms with Gasteiger partial charge in [-0.15, -0.1) is 0 Å². The summed E-state index contributed by atoms with van der Waals surface area (Å²) < 4.78 is 42.8. The number of nitrogens with zero attached hydrogens (tertiary/aromatic N) is 7. The van der Waals surface area contributed by atoms with Gasteiger partial charge >= 0.3 is 6.18 Å². The Balaban J connectivity index is 1.53. The van der Waals surface area contributed by atoms with Crippen molar-refractivity contribution in [2.75, 3.05) is 6.54 Å². The number of hydrogen-bond acceptors (Lipinski definition) is 5. The summed E-state index contributed by atoms with van der Waals surface area (Å²) in [6, 6.07) is 2.36. The van der Waals surface area contributed by atoms with Crippen LogP contribution in [0.25, 0.3) is 5.65 Å². The fourth-order valence-corrected chi connectivity index (χ4v) is 3.29. The van der Waals surface area contributed by atoms with E-state index in [-0.39, 0.29) is 23.8 Å². The maximum absolute atomic E-state index is 13.5. The van der Waals surface area contributed by atoms with Crippen LogP contribution in [0.2, 0.25) is 0 Å². The minimum Gasteiger partial charge on any atom is -0.328 e. The van der Waals surface area contributed by atoms with E-state index >= 15 is 0 Å². The van der Waals surface area contributed by atoms with Crippen LogP contribution < -0.4 is 0 Å². The Hall–Kier alpha value is -2.98. The average Bonchev–Trinajstić information content (AvgIpc) is 3.22. The molecule has 140 valence electrons. The Morgan fingerprint density at radius 1 is 1.19 bits per heavy atom. The molecule has 0 unspecified atom stereocenters. The highest BCUT2D eigenvalue weighted by molar-refractivity contribution is 5.93. The molecule has 0 atom stereocenters. The van der Waals surface area contributed by atoms with E-state index in [1.165, 1.54) is 17.3 Å². The van der Waals surface area contributed by atoms with Crippen molar-refractivity contribution in [2.45, 2.75) is 38.0 Å². The number of amides is 1. The Bertz CT molecular complexity index is 1050. The van der Waals surface area contributed by atoms with Crippen LogP contribution >= 0.6 is 0 Å². The van der Waals surface area contributed by atoms with Crippen molar-refractivity contribution < 1.29 is 18.0 Å². The summed E-state index contributed by atoms with van der Waals surface area (Å²) in [4.78, 5) is 22.6. The smallest absolute Gasteiger partial charge is 0.328 e. The second-order valence-corrected chi connectivity index (χ2v) is 6.76. The number of rotatable bonds is 2. The molecule has 0 aromatic carbocycles. The predicted octanol–water partition coefficient (Wildman–Crippen LogP) is 1.87. The predicted molar refractivity (Wildman–Crippen MR) is 84.7 cm³/mol. The van der Waals surface area contributed by atoms with E-state index in [4.69, 9.17) is 0 Å². The van der Waals surface area contributed by atoms with Crippen LogP contribution in [0.3, 0.4) is 0 Å². The lowest BCUT2D eigenvalue weighted by molar-refractivity contribution is -0.142. The van der Waals surface area contributed by atoms with Crippen LogP contribution in [0.4, 0.5) is 13.2 Å². The number of fused-ring (bicyclic) bond motifs is 2. The molecule has 4 heterocycles. The molecule has 0 bridgehead atoms. The van der Waals surface area contributed by atoms with E-state index in [2.05, 4.69) is 20.2 Å². The van der Waals surface area contributed by atoms with Crippen molar-refractivity contribution in [1.82, 2.24) is 34.3 Å². The molecular formula is C16H14F3N7O. The fourth-order valence-electron chi connectivity index (χ4n) is 3.29. The molecule has 0 radical (unpaired) electrons. The Labute approximate surface area is 150 Å². The number of carbonyl (C=O) groups is 1. The number of halogens is 3. The molecule has 0 saturated heterocycles. The Kier molecular flexibility index (Phi) is 3.31. The summed E-state index contributed by atoms with van der Waals surface area (Å²) in [6.07, 6.45) is -1.52. The van der Waals surface area contributed by atoms with Crippen molar-refractivity contribution in [3.8, 4) is 0 Å². The van der Waals surface area contributed by atoms with E-state index in [1.807, 2.05) is 0 Å². The third kappa shape index (κ3) is 2.73. The van der Waals surface area contributed by atoms with Gasteiger partial charge in [0.05, 0.1) is 13.1 Å². The maximum atomic E-state index is 13.5. The molecule has 1 fully saturated rings. The van der Waals surface area contributed by atoms with Crippen LogP contribution in [-0.2, 0) is 19.3 Å². The van der Waals surface area contributed by atoms with Crippen molar-refractivity contribution in [1.29, 1.82) is 0 Å². The summed E-state index contributed by atoms with van der Waals surface area (Å²) >= 11 is 0. The average molecular weight is 377 g/mol. The van der Waals surface area contributed by atoms with E-state index in [1.54, 1.807) is 4.68 Å². The molecule has 0 spiro atoms. The number of carbonyl (C=O) groups excluding carboxylic acids is 1. The fraction of sp³-hybridized carbons (Fsp3) is 0.438. The highest BCUT2D eigenvalue weighted by atomic mass is 19.4. The standard InChI is InChI=1S/C16H14F3N7O/c17-16(18,19)12-5-10(9-1-2-9)22-13-6-11(23-26(12)13)15(27)24-3-4-25-14(7-24)20-8-21-25/h5-6,8-9H,1-4,7H2. The summed E-state index contributed by atoms with van der Waals surface area (Å²) in [7, 11) is 0. The van der Waals surface area contributed by atoms with Crippen LogP contribution in [-0.4, -0.2) is 46.7 Å². The highest BCUT2D eigenvalue weighted by Gasteiger charge is 2.38. The van der Waals surface area contributed by atoms with Gasteiger partial charge in [-0.3, -0.25) is 4.79 Å². The number of alkyl halides is 3. The largest absolute Gasteiger partial charge is 0.433 e. The highest BCUT2D eigenvalue weighted by Crippen LogP contribution is 2.41. The van der Waals surface area contributed by atoms with Gasteiger partial charge in [0.1, 0.15) is 17.8 Å². The van der Waals surface area contributed by atoms with Crippen LogP contribution in [0, 0.1) is 0 Å². The summed E-state index contributed by atoms with van der Waals surface area (Å²) in [5.41, 5.74) is -0.532. The molecule has 1 aliphatic carbocycles. The molecule has 3 aromatic rings. The molecule has 1 saturated carbocycles. The van der Waals surface area contributed by atoms with Crippen molar-refractivity contribution in [3.63, 3.8) is 0 Å². The van der Waals surface area contributed by atoms with E-state index in [0.717, 1.165) is 18.9 Å². The lowest BCUT2D eigenvalue weighted by atomic mass is 10.2. The zero-order valence-corrected chi connectivity index (χ0v) is 14.0. The van der Waals surface area contributed by atoms with Gasteiger partial charge in [-0.25, -0.2) is 19.2 Å². The first-order valence-electron chi connectivity index (χ1n) is 8.54. The number of hydrogen-bond donors (Lipinski definition) is 0. The first-order valence-corrected chi connectivity index (χ1v) is 8.54. The third-order valence-corrected chi connectivity index (χ3v) is 4.85. The molecule has 11 heteroatoms. The van der Waals surface area contributed by atoms with Gasteiger partial charge in [0, 0.05) is 24.2 Å². The minimum absolute atomic E-state index is 0.0373. The Morgan fingerprint density at radius 2 is 2.00 bits per heavy atom. The van der Waals surface area contributed by atoms with Gasteiger partial charge in [-0.1, -0.05) is 0 Å².